The Labute approximate surface area is 198 Å². The normalized spacial score (nSPS) is 11.1. The first-order chi connectivity index (χ1) is 16.2. The van der Waals surface area contributed by atoms with Gasteiger partial charge in [0, 0.05) is 37.8 Å². The maximum Gasteiger partial charge on any atom is 0.251 e. The van der Waals surface area contributed by atoms with Gasteiger partial charge in [-0.1, -0.05) is 48.2 Å². The van der Waals surface area contributed by atoms with Crippen LogP contribution in [-0.4, -0.2) is 40.7 Å². The lowest BCUT2D eigenvalue weighted by atomic mass is 10.1. The van der Waals surface area contributed by atoms with Gasteiger partial charge < -0.3 is 14.6 Å². The highest BCUT2D eigenvalue weighted by Gasteiger charge is 2.13. The number of nitrogens with zero attached hydrogens (tertiary/aromatic N) is 3. The molecule has 0 bridgehead atoms. The van der Waals surface area contributed by atoms with Gasteiger partial charge in [-0.2, -0.15) is 0 Å². The summed E-state index contributed by atoms with van der Waals surface area (Å²) in [6.45, 7) is 4.03. The molecule has 0 aliphatic carbocycles. The number of methoxy groups -OCH3 is 1. The highest BCUT2D eigenvalue weighted by Crippen LogP contribution is 2.28. The number of hydrogen-bond donors (Lipinski definition) is 1. The van der Waals surface area contributed by atoms with E-state index in [4.69, 9.17) is 9.72 Å². The molecule has 0 unspecified atom stereocenters. The molecule has 0 atom stereocenters. The zero-order valence-corrected chi connectivity index (χ0v) is 19.8. The molecule has 0 saturated heterocycles. The zero-order valence-electron chi connectivity index (χ0n) is 19.0. The van der Waals surface area contributed by atoms with Gasteiger partial charge in [0.1, 0.15) is 0 Å². The smallest absolute Gasteiger partial charge is 0.251 e. The molecule has 0 aliphatic heterocycles. The molecule has 2 heterocycles. The van der Waals surface area contributed by atoms with Crippen LogP contribution in [0, 0.1) is 6.92 Å². The second-order valence-electron chi connectivity index (χ2n) is 7.86. The molecule has 0 radical (unpaired) electrons. The SMILES string of the molecule is COCCCNC(=O)c1ccc(Cn2c(SCc3ccccc3C)nc3ccncc32)cc1. The van der Waals surface area contributed by atoms with Crippen molar-refractivity contribution in [3.05, 3.63) is 89.2 Å². The van der Waals surface area contributed by atoms with E-state index in [0.717, 1.165) is 33.9 Å². The van der Waals surface area contributed by atoms with Crippen molar-refractivity contribution >= 4 is 28.7 Å². The predicted octanol–water partition coefficient (Wildman–Crippen LogP) is 4.85. The average molecular weight is 461 g/mol. The molecule has 0 saturated carbocycles. The van der Waals surface area contributed by atoms with Crippen molar-refractivity contribution in [2.75, 3.05) is 20.3 Å². The number of rotatable bonds is 10. The van der Waals surface area contributed by atoms with E-state index >= 15 is 0 Å². The van der Waals surface area contributed by atoms with E-state index in [1.54, 1.807) is 25.1 Å². The number of hydrogen-bond acceptors (Lipinski definition) is 5. The van der Waals surface area contributed by atoms with Crippen molar-refractivity contribution in [2.45, 2.75) is 30.8 Å². The number of carbonyl (C=O) groups excluding carboxylic acids is 1. The molecule has 1 amide bonds. The summed E-state index contributed by atoms with van der Waals surface area (Å²) in [4.78, 5) is 21.5. The molecule has 4 rings (SSSR count). The minimum Gasteiger partial charge on any atom is -0.385 e. The highest BCUT2D eigenvalue weighted by atomic mass is 32.2. The number of thioether (sulfide) groups is 1. The third kappa shape index (κ3) is 5.80. The summed E-state index contributed by atoms with van der Waals surface area (Å²) in [6, 6.07) is 18.1. The molecule has 1 N–H and O–H groups in total. The third-order valence-corrected chi connectivity index (χ3v) is 6.53. The fraction of sp³-hybridized carbons (Fsp3) is 0.269. The first-order valence-corrected chi connectivity index (χ1v) is 12.0. The monoisotopic (exact) mass is 460 g/mol. The van der Waals surface area contributed by atoms with E-state index in [2.05, 4.69) is 46.1 Å². The number of imidazole rings is 1. The van der Waals surface area contributed by atoms with Gasteiger partial charge in [0.05, 0.1) is 23.8 Å². The Kier molecular flexibility index (Phi) is 7.75. The van der Waals surface area contributed by atoms with E-state index in [-0.39, 0.29) is 5.91 Å². The molecule has 0 spiro atoms. The average Bonchev–Trinajstić information content (AvgIpc) is 3.19. The second-order valence-corrected chi connectivity index (χ2v) is 8.80. The summed E-state index contributed by atoms with van der Waals surface area (Å²) in [6.07, 6.45) is 4.43. The number of carbonyl (C=O) groups is 1. The third-order valence-electron chi connectivity index (χ3n) is 5.50. The number of pyridine rings is 1. The predicted molar refractivity (Wildman–Crippen MR) is 133 cm³/mol. The van der Waals surface area contributed by atoms with E-state index in [9.17, 15) is 4.79 Å². The first kappa shape index (κ1) is 23.0. The van der Waals surface area contributed by atoms with Crippen LogP contribution in [0.25, 0.3) is 11.0 Å². The second kappa shape index (κ2) is 11.1. The fourth-order valence-corrected chi connectivity index (χ4v) is 4.68. The number of nitrogens with one attached hydrogen (secondary N) is 1. The molecule has 33 heavy (non-hydrogen) atoms. The van der Waals surface area contributed by atoms with Gasteiger partial charge in [-0.25, -0.2) is 4.98 Å². The van der Waals surface area contributed by atoms with Gasteiger partial charge in [0.15, 0.2) is 5.16 Å². The van der Waals surface area contributed by atoms with Crippen LogP contribution in [0.1, 0.15) is 33.5 Å². The number of fused-ring (bicyclic) bond motifs is 1. The molecular weight excluding hydrogens is 432 g/mol. The van der Waals surface area contributed by atoms with E-state index < -0.39 is 0 Å². The lowest BCUT2D eigenvalue weighted by Crippen LogP contribution is -2.25. The van der Waals surface area contributed by atoms with Crippen molar-refractivity contribution in [1.29, 1.82) is 0 Å². The largest absolute Gasteiger partial charge is 0.385 e. The van der Waals surface area contributed by atoms with E-state index in [1.807, 2.05) is 36.5 Å². The molecule has 2 aromatic heterocycles. The lowest BCUT2D eigenvalue weighted by Gasteiger charge is -2.11. The summed E-state index contributed by atoms with van der Waals surface area (Å²) in [7, 11) is 1.66. The van der Waals surface area contributed by atoms with Crippen molar-refractivity contribution < 1.29 is 9.53 Å². The summed E-state index contributed by atoms with van der Waals surface area (Å²) in [5, 5.41) is 3.88. The summed E-state index contributed by atoms with van der Waals surface area (Å²) < 4.78 is 7.22. The van der Waals surface area contributed by atoms with Crippen molar-refractivity contribution in [3.8, 4) is 0 Å². The number of ether oxygens (including phenoxy) is 1. The van der Waals surface area contributed by atoms with Crippen LogP contribution in [0.15, 0.2) is 72.1 Å². The first-order valence-electron chi connectivity index (χ1n) is 11.0. The minimum absolute atomic E-state index is 0.0654. The van der Waals surface area contributed by atoms with Crippen molar-refractivity contribution in [2.24, 2.45) is 0 Å². The molecule has 0 fully saturated rings. The topological polar surface area (TPSA) is 69.0 Å². The maximum absolute atomic E-state index is 12.3. The number of benzene rings is 2. The van der Waals surface area contributed by atoms with Crippen LogP contribution >= 0.6 is 11.8 Å². The summed E-state index contributed by atoms with van der Waals surface area (Å²) in [5.74, 6) is 0.787. The van der Waals surface area contributed by atoms with Crippen LogP contribution in [0.4, 0.5) is 0 Å². The fourth-order valence-electron chi connectivity index (χ4n) is 3.59. The van der Waals surface area contributed by atoms with Crippen LogP contribution in [0.3, 0.4) is 0 Å². The molecule has 4 aromatic rings. The van der Waals surface area contributed by atoms with Crippen LogP contribution in [0.2, 0.25) is 0 Å². The molecule has 2 aromatic carbocycles. The van der Waals surface area contributed by atoms with Crippen molar-refractivity contribution in [3.63, 3.8) is 0 Å². The number of aromatic nitrogens is 3. The van der Waals surface area contributed by atoms with Crippen LogP contribution in [0.5, 0.6) is 0 Å². The van der Waals surface area contributed by atoms with Gasteiger partial charge in [-0.3, -0.25) is 9.78 Å². The molecule has 170 valence electrons. The van der Waals surface area contributed by atoms with Crippen molar-refractivity contribution in [1.82, 2.24) is 19.9 Å². The Morgan fingerprint density at radius 1 is 1.12 bits per heavy atom. The van der Waals surface area contributed by atoms with Gasteiger partial charge in [0.25, 0.3) is 5.91 Å². The zero-order chi connectivity index (χ0) is 23.0. The Morgan fingerprint density at radius 3 is 2.73 bits per heavy atom. The summed E-state index contributed by atoms with van der Waals surface area (Å²) >= 11 is 1.73. The minimum atomic E-state index is -0.0654. The number of aryl methyl sites for hydroxylation is 1. The van der Waals surface area contributed by atoms with E-state index in [1.165, 1.54) is 11.1 Å². The molecule has 6 nitrogen and oxygen atoms in total. The van der Waals surface area contributed by atoms with Gasteiger partial charge in [0.2, 0.25) is 0 Å². The Morgan fingerprint density at radius 2 is 1.94 bits per heavy atom. The maximum atomic E-state index is 12.3. The molecular formula is C26H28N4O2S. The lowest BCUT2D eigenvalue weighted by molar-refractivity contribution is 0.0948. The standard InChI is InChI=1S/C26H28N4O2S/c1-19-6-3-4-7-22(19)18-33-26-29-23-12-14-27-16-24(23)30(26)17-20-8-10-21(11-9-20)25(31)28-13-5-15-32-2/h3-4,6-12,14,16H,5,13,15,17-18H2,1-2H3,(H,28,31). The Bertz CT molecular complexity index is 1220. The Hall–Kier alpha value is -3.16. The molecule has 0 aliphatic rings. The quantitative estimate of drug-likeness (QED) is 0.271. The Balaban J connectivity index is 1.50. The number of amides is 1. The van der Waals surface area contributed by atoms with Crippen LogP contribution < -0.4 is 5.32 Å². The molecule has 7 heteroatoms. The van der Waals surface area contributed by atoms with Crippen LogP contribution in [-0.2, 0) is 17.0 Å². The van der Waals surface area contributed by atoms with E-state index in [0.29, 0.717) is 25.3 Å². The van der Waals surface area contributed by atoms with Gasteiger partial charge in [-0.05, 0) is 48.2 Å². The van der Waals surface area contributed by atoms with Gasteiger partial charge in [-0.15, -0.1) is 0 Å². The van der Waals surface area contributed by atoms with Gasteiger partial charge >= 0.3 is 0 Å². The highest BCUT2D eigenvalue weighted by molar-refractivity contribution is 7.98. The summed E-state index contributed by atoms with van der Waals surface area (Å²) in [5.41, 5.74) is 6.29.